The minimum atomic E-state index is -0.488. The van der Waals surface area contributed by atoms with E-state index >= 15 is 0 Å². The maximum atomic E-state index is 11.7. The SMILES string of the molecule is CC(C)(C)OC(=O)N1CCC[C@@H](N=C=O)C1. The maximum absolute atomic E-state index is 11.7. The minimum absolute atomic E-state index is 0.126. The highest BCUT2D eigenvalue weighted by molar-refractivity contribution is 5.68. The Morgan fingerprint density at radius 2 is 2.19 bits per heavy atom. The molecule has 1 rings (SSSR count). The highest BCUT2D eigenvalue weighted by Crippen LogP contribution is 2.16. The Hall–Kier alpha value is -1.35. The molecule has 16 heavy (non-hydrogen) atoms. The summed E-state index contributed by atoms with van der Waals surface area (Å²) in [4.78, 5) is 27.1. The zero-order chi connectivity index (χ0) is 12.2. The highest BCUT2D eigenvalue weighted by Gasteiger charge is 2.27. The van der Waals surface area contributed by atoms with Gasteiger partial charge >= 0.3 is 6.09 Å². The molecule has 0 spiro atoms. The van der Waals surface area contributed by atoms with Crippen molar-refractivity contribution in [1.82, 2.24) is 4.90 Å². The van der Waals surface area contributed by atoms with Crippen LogP contribution >= 0.6 is 0 Å². The molecule has 0 saturated carbocycles. The van der Waals surface area contributed by atoms with Crippen LogP contribution in [0.3, 0.4) is 0 Å². The molecule has 5 nitrogen and oxygen atoms in total. The van der Waals surface area contributed by atoms with Crippen molar-refractivity contribution in [2.75, 3.05) is 13.1 Å². The largest absolute Gasteiger partial charge is 0.444 e. The molecule has 1 aliphatic rings. The Morgan fingerprint density at radius 1 is 1.50 bits per heavy atom. The zero-order valence-corrected chi connectivity index (χ0v) is 10.0. The third-order valence-corrected chi connectivity index (χ3v) is 2.28. The summed E-state index contributed by atoms with van der Waals surface area (Å²) in [5, 5.41) is 0. The van der Waals surface area contributed by atoms with Gasteiger partial charge in [-0.3, -0.25) is 0 Å². The van der Waals surface area contributed by atoms with E-state index in [-0.39, 0.29) is 12.1 Å². The van der Waals surface area contributed by atoms with E-state index < -0.39 is 5.60 Å². The molecule has 0 aromatic heterocycles. The van der Waals surface area contributed by atoms with Crippen molar-refractivity contribution in [3.8, 4) is 0 Å². The van der Waals surface area contributed by atoms with E-state index in [9.17, 15) is 9.59 Å². The lowest BCUT2D eigenvalue weighted by atomic mass is 10.1. The summed E-state index contributed by atoms with van der Waals surface area (Å²) in [7, 11) is 0. The topological polar surface area (TPSA) is 59.0 Å². The van der Waals surface area contributed by atoms with Gasteiger partial charge in [-0.1, -0.05) is 0 Å². The predicted molar refractivity (Wildman–Crippen MR) is 59.0 cm³/mol. The molecule has 1 aliphatic heterocycles. The Balaban J connectivity index is 2.53. The molecule has 0 radical (unpaired) electrons. The molecular weight excluding hydrogens is 208 g/mol. The Morgan fingerprint density at radius 3 is 2.75 bits per heavy atom. The summed E-state index contributed by atoms with van der Waals surface area (Å²) in [5.41, 5.74) is -0.488. The van der Waals surface area contributed by atoms with Gasteiger partial charge in [-0.15, -0.1) is 0 Å². The summed E-state index contributed by atoms with van der Waals surface area (Å²) < 4.78 is 5.25. The van der Waals surface area contributed by atoms with Crippen LogP contribution in [-0.2, 0) is 9.53 Å². The number of ether oxygens (including phenoxy) is 1. The molecule has 0 bridgehead atoms. The molecule has 0 N–H and O–H groups in total. The van der Waals surface area contributed by atoms with Crippen molar-refractivity contribution < 1.29 is 14.3 Å². The van der Waals surface area contributed by atoms with Gasteiger partial charge < -0.3 is 9.64 Å². The van der Waals surface area contributed by atoms with Gasteiger partial charge in [0.15, 0.2) is 0 Å². The van der Waals surface area contributed by atoms with Crippen LogP contribution < -0.4 is 0 Å². The lowest BCUT2D eigenvalue weighted by molar-refractivity contribution is 0.0201. The second-order valence-electron chi connectivity index (χ2n) is 4.94. The quantitative estimate of drug-likeness (QED) is 0.505. The first-order chi connectivity index (χ1) is 7.42. The Kier molecular flexibility index (Phi) is 4.07. The molecule has 1 fully saturated rings. The molecule has 0 aromatic carbocycles. The molecule has 90 valence electrons. The third kappa shape index (κ3) is 4.03. The van der Waals surface area contributed by atoms with E-state index in [2.05, 4.69) is 4.99 Å². The first kappa shape index (κ1) is 12.7. The van der Waals surface area contributed by atoms with Crippen LogP contribution in [0, 0.1) is 0 Å². The lowest BCUT2D eigenvalue weighted by Crippen LogP contribution is -2.44. The standard InChI is InChI=1S/C11H18N2O3/c1-11(2,3)16-10(15)13-6-4-5-9(7-13)12-8-14/h9H,4-7H2,1-3H3/t9-/m1/s1. The van der Waals surface area contributed by atoms with Crippen molar-refractivity contribution in [3.05, 3.63) is 0 Å². The average Bonchev–Trinajstić information content (AvgIpc) is 2.16. The minimum Gasteiger partial charge on any atom is -0.444 e. The van der Waals surface area contributed by atoms with Crippen LogP contribution in [-0.4, -0.2) is 41.8 Å². The van der Waals surface area contributed by atoms with Crippen molar-refractivity contribution in [2.45, 2.75) is 45.3 Å². The van der Waals surface area contributed by atoms with Crippen LogP contribution in [0.25, 0.3) is 0 Å². The van der Waals surface area contributed by atoms with Gasteiger partial charge in [-0.05, 0) is 33.6 Å². The van der Waals surface area contributed by atoms with E-state index in [0.717, 1.165) is 12.8 Å². The molecule has 1 heterocycles. The molecule has 5 heteroatoms. The fourth-order valence-corrected chi connectivity index (χ4v) is 1.63. The van der Waals surface area contributed by atoms with Gasteiger partial charge in [0.25, 0.3) is 0 Å². The van der Waals surface area contributed by atoms with Gasteiger partial charge in [0.2, 0.25) is 6.08 Å². The van der Waals surface area contributed by atoms with E-state index in [1.165, 1.54) is 0 Å². The van der Waals surface area contributed by atoms with Gasteiger partial charge in [-0.25, -0.2) is 14.6 Å². The summed E-state index contributed by atoms with van der Waals surface area (Å²) in [6.45, 7) is 6.60. The zero-order valence-electron chi connectivity index (χ0n) is 10.0. The number of rotatable bonds is 1. The lowest BCUT2D eigenvalue weighted by Gasteiger charge is -2.32. The summed E-state index contributed by atoms with van der Waals surface area (Å²) in [5.74, 6) is 0. The van der Waals surface area contributed by atoms with Crippen LogP contribution in [0.15, 0.2) is 4.99 Å². The number of hydrogen-bond acceptors (Lipinski definition) is 4. The van der Waals surface area contributed by atoms with Crippen molar-refractivity contribution >= 4 is 12.2 Å². The normalized spacial score (nSPS) is 21.2. The van der Waals surface area contributed by atoms with Crippen LogP contribution in [0.5, 0.6) is 0 Å². The molecule has 0 aliphatic carbocycles. The first-order valence-electron chi connectivity index (χ1n) is 5.47. The first-order valence-corrected chi connectivity index (χ1v) is 5.47. The average molecular weight is 226 g/mol. The fraction of sp³-hybridized carbons (Fsp3) is 0.818. The second kappa shape index (κ2) is 5.12. The highest BCUT2D eigenvalue weighted by atomic mass is 16.6. The molecule has 0 aromatic rings. The molecule has 1 atom stereocenters. The number of carbonyl (C=O) groups is 1. The van der Waals surface area contributed by atoms with Crippen molar-refractivity contribution in [1.29, 1.82) is 0 Å². The second-order valence-corrected chi connectivity index (χ2v) is 4.94. The van der Waals surface area contributed by atoms with E-state index in [4.69, 9.17) is 4.74 Å². The summed E-state index contributed by atoms with van der Waals surface area (Å²) in [6, 6.07) is -0.126. The number of hydrogen-bond donors (Lipinski definition) is 0. The van der Waals surface area contributed by atoms with Crippen LogP contribution in [0.4, 0.5) is 4.79 Å². The van der Waals surface area contributed by atoms with Crippen LogP contribution in [0.2, 0.25) is 0 Å². The maximum Gasteiger partial charge on any atom is 0.410 e. The summed E-state index contributed by atoms with van der Waals surface area (Å²) >= 11 is 0. The summed E-state index contributed by atoms with van der Waals surface area (Å²) in [6.07, 6.45) is 2.88. The Labute approximate surface area is 95.5 Å². The third-order valence-electron chi connectivity index (χ3n) is 2.28. The number of piperidine rings is 1. The number of nitrogens with zero attached hydrogens (tertiary/aromatic N) is 2. The fourth-order valence-electron chi connectivity index (χ4n) is 1.63. The molecule has 1 amide bonds. The van der Waals surface area contributed by atoms with Gasteiger partial charge in [-0.2, -0.15) is 0 Å². The number of isocyanates is 1. The van der Waals surface area contributed by atoms with Gasteiger partial charge in [0, 0.05) is 13.1 Å². The molecular formula is C11H18N2O3. The van der Waals surface area contributed by atoms with Crippen molar-refractivity contribution in [3.63, 3.8) is 0 Å². The van der Waals surface area contributed by atoms with E-state index in [1.54, 1.807) is 11.0 Å². The number of carbonyl (C=O) groups excluding carboxylic acids is 2. The van der Waals surface area contributed by atoms with Crippen LogP contribution in [0.1, 0.15) is 33.6 Å². The van der Waals surface area contributed by atoms with Gasteiger partial charge in [0.1, 0.15) is 5.60 Å². The van der Waals surface area contributed by atoms with E-state index in [0.29, 0.717) is 13.1 Å². The molecule has 0 unspecified atom stereocenters. The Bertz CT molecular complexity index is 303. The number of aliphatic imine (C=N–C) groups is 1. The van der Waals surface area contributed by atoms with Crippen molar-refractivity contribution in [2.24, 2.45) is 4.99 Å². The number of amides is 1. The smallest absolute Gasteiger partial charge is 0.410 e. The monoisotopic (exact) mass is 226 g/mol. The van der Waals surface area contributed by atoms with E-state index in [1.807, 2.05) is 20.8 Å². The predicted octanol–water partition coefficient (Wildman–Crippen LogP) is 1.72. The van der Waals surface area contributed by atoms with Gasteiger partial charge in [0.05, 0.1) is 6.04 Å². The molecule has 1 saturated heterocycles. The number of likely N-dealkylation sites (tertiary alicyclic amines) is 1.